The Morgan fingerprint density at radius 3 is 2.57 bits per heavy atom. The van der Waals surface area contributed by atoms with Gasteiger partial charge in [0, 0.05) is 11.1 Å². The van der Waals surface area contributed by atoms with Crippen LogP contribution in [0.25, 0.3) is 0 Å². The number of aliphatic hydroxyl groups is 1. The first-order chi connectivity index (χ1) is 6.54. The van der Waals surface area contributed by atoms with Crippen molar-refractivity contribution in [2.75, 3.05) is 7.11 Å². The quantitative estimate of drug-likeness (QED) is 0.808. The first-order valence-corrected chi connectivity index (χ1v) is 4.70. The van der Waals surface area contributed by atoms with Crippen molar-refractivity contribution >= 4 is 11.6 Å². The van der Waals surface area contributed by atoms with Crippen LogP contribution >= 0.6 is 11.6 Å². The summed E-state index contributed by atoms with van der Waals surface area (Å²) in [5.74, 6) is 0.618. The van der Waals surface area contributed by atoms with Crippen LogP contribution in [0.5, 0.6) is 5.75 Å². The molecule has 1 aromatic carbocycles. The number of aliphatic hydroxyl groups excluding tert-OH is 1. The Morgan fingerprint density at radius 2 is 2.07 bits per heavy atom. The van der Waals surface area contributed by atoms with Gasteiger partial charge in [0.1, 0.15) is 5.75 Å². The Hall–Kier alpha value is -0.770. The Bertz CT molecular complexity index is 315. The van der Waals surface area contributed by atoms with E-state index in [-0.39, 0.29) is 6.04 Å². The first kappa shape index (κ1) is 11.3. The third-order valence-corrected chi connectivity index (χ3v) is 2.19. The highest BCUT2D eigenvalue weighted by Gasteiger charge is 2.13. The summed E-state index contributed by atoms with van der Waals surface area (Å²) < 4.78 is 5.03. The van der Waals surface area contributed by atoms with Crippen molar-refractivity contribution in [2.24, 2.45) is 5.73 Å². The minimum atomic E-state index is -0.720. The zero-order valence-corrected chi connectivity index (χ0v) is 8.95. The van der Waals surface area contributed by atoms with Crippen LogP contribution < -0.4 is 10.5 Å². The lowest BCUT2D eigenvalue weighted by Crippen LogP contribution is -2.24. The van der Waals surface area contributed by atoms with Crippen LogP contribution in [0.15, 0.2) is 18.2 Å². The highest BCUT2D eigenvalue weighted by atomic mass is 35.5. The summed E-state index contributed by atoms with van der Waals surface area (Å²) in [6.07, 6.45) is -0.720. The topological polar surface area (TPSA) is 55.5 Å². The van der Waals surface area contributed by atoms with E-state index in [4.69, 9.17) is 22.1 Å². The predicted molar refractivity (Wildman–Crippen MR) is 56.6 cm³/mol. The fraction of sp³-hybridized carbons (Fsp3) is 0.400. The summed E-state index contributed by atoms with van der Waals surface area (Å²) in [6.45, 7) is 1.73. The van der Waals surface area contributed by atoms with Crippen molar-refractivity contribution in [1.29, 1.82) is 0 Å². The van der Waals surface area contributed by atoms with E-state index >= 15 is 0 Å². The van der Waals surface area contributed by atoms with Crippen molar-refractivity contribution in [1.82, 2.24) is 0 Å². The van der Waals surface area contributed by atoms with Crippen molar-refractivity contribution in [3.05, 3.63) is 28.8 Å². The lowest BCUT2D eigenvalue weighted by atomic mass is 10.0. The monoisotopic (exact) mass is 215 g/mol. The molecule has 0 saturated carbocycles. The molecule has 0 amide bonds. The third-order valence-electron chi connectivity index (χ3n) is 1.97. The van der Waals surface area contributed by atoms with Crippen molar-refractivity contribution < 1.29 is 9.84 Å². The molecule has 78 valence electrons. The SMILES string of the molecule is COc1cc(Cl)cc([C@H](O)[C@@H](C)N)c1. The molecule has 0 radical (unpaired) electrons. The third kappa shape index (κ3) is 2.61. The van der Waals surface area contributed by atoms with E-state index in [2.05, 4.69) is 0 Å². The molecule has 14 heavy (non-hydrogen) atoms. The van der Waals surface area contributed by atoms with Gasteiger partial charge in [-0.15, -0.1) is 0 Å². The normalized spacial score (nSPS) is 14.9. The van der Waals surface area contributed by atoms with Gasteiger partial charge in [-0.3, -0.25) is 0 Å². The number of rotatable bonds is 3. The lowest BCUT2D eigenvalue weighted by Gasteiger charge is -2.15. The lowest BCUT2D eigenvalue weighted by molar-refractivity contribution is 0.153. The van der Waals surface area contributed by atoms with Crippen LogP contribution in [0.4, 0.5) is 0 Å². The van der Waals surface area contributed by atoms with Crippen LogP contribution in [0, 0.1) is 0 Å². The summed E-state index contributed by atoms with van der Waals surface area (Å²) in [5, 5.41) is 10.2. The van der Waals surface area contributed by atoms with Gasteiger partial charge < -0.3 is 15.6 Å². The molecule has 0 aliphatic rings. The van der Waals surface area contributed by atoms with Gasteiger partial charge in [-0.2, -0.15) is 0 Å². The summed E-state index contributed by atoms with van der Waals surface area (Å²) in [7, 11) is 1.55. The average molecular weight is 216 g/mol. The van der Waals surface area contributed by atoms with Gasteiger partial charge in [0.2, 0.25) is 0 Å². The highest BCUT2D eigenvalue weighted by molar-refractivity contribution is 6.30. The van der Waals surface area contributed by atoms with Gasteiger partial charge in [0.25, 0.3) is 0 Å². The molecular weight excluding hydrogens is 202 g/mol. The number of methoxy groups -OCH3 is 1. The fourth-order valence-electron chi connectivity index (χ4n) is 1.18. The predicted octanol–water partition coefficient (Wildman–Crippen LogP) is 1.73. The van der Waals surface area contributed by atoms with Crippen molar-refractivity contribution in [3.63, 3.8) is 0 Å². The molecule has 0 bridgehead atoms. The van der Waals surface area contributed by atoms with Crippen LogP contribution in [-0.2, 0) is 0 Å². The Morgan fingerprint density at radius 1 is 1.43 bits per heavy atom. The standard InChI is InChI=1S/C10H14ClNO2/c1-6(12)10(13)7-3-8(11)5-9(4-7)14-2/h3-6,10,13H,12H2,1-2H3/t6-,10-/m1/s1. The minimum Gasteiger partial charge on any atom is -0.497 e. The molecule has 0 spiro atoms. The Balaban J connectivity index is 3.02. The maximum absolute atomic E-state index is 9.70. The van der Waals surface area contributed by atoms with Crippen LogP contribution in [-0.4, -0.2) is 18.3 Å². The molecule has 0 heterocycles. The molecule has 3 N–H and O–H groups in total. The smallest absolute Gasteiger partial charge is 0.120 e. The van der Waals surface area contributed by atoms with Crippen molar-refractivity contribution in [3.8, 4) is 5.75 Å². The van der Waals surface area contributed by atoms with Crippen molar-refractivity contribution in [2.45, 2.75) is 19.1 Å². The van der Waals surface area contributed by atoms with Gasteiger partial charge in [-0.05, 0) is 30.7 Å². The fourth-order valence-corrected chi connectivity index (χ4v) is 1.41. The second kappa shape index (κ2) is 4.64. The minimum absolute atomic E-state index is 0.335. The van der Waals surface area contributed by atoms with Gasteiger partial charge in [0.15, 0.2) is 0 Å². The van der Waals surface area contributed by atoms with E-state index in [1.54, 1.807) is 32.2 Å². The zero-order chi connectivity index (χ0) is 10.7. The first-order valence-electron chi connectivity index (χ1n) is 4.32. The van der Waals surface area contributed by atoms with E-state index in [1.807, 2.05) is 0 Å². The van der Waals surface area contributed by atoms with Gasteiger partial charge in [-0.1, -0.05) is 11.6 Å². The Labute approximate surface area is 88.4 Å². The maximum Gasteiger partial charge on any atom is 0.120 e. The van der Waals surface area contributed by atoms with Crippen LogP contribution in [0.1, 0.15) is 18.6 Å². The number of nitrogens with two attached hydrogens (primary N) is 1. The summed E-state index contributed by atoms with van der Waals surface area (Å²) >= 11 is 5.85. The molecule has 0 saturated heterocycles. The molecule has 0 aliphatic carbocycles. The zero-order valence-electron chi connectivity index (χ0n) is 8.20. The molecule has 0 fully saturated rings. The molecule has 1 rings (SSSR count). The van der Waals surface area contributed by atoms with Crippen LogP contribution in [0.3, 0.4) is 0 Å². The summed E-state index contributed by atoms with van der Waals surface area (Å²) in [4.78, 5) is 0. The maximum atomic E-state index is 9.70. The molecular formula is C10H14ClNO2. The van der Waals surface area contributed by atoms with E-state index < -0.39 is 6.10 Å². The number of benzene rings is 1. The largest absolute Gasteiger partial charge is 0.497 e. The average Bonchev–Trinajstić information content (AvgIpc) is 2.15. The summed E-state index contributed by atoms with van der Waals surface area (Å²) in [5.41, 5.74) is 6.25. The van der Waals surface area contributed by atoms with E-state index in [9.17, 15) is 5.11 Å². The Kier molecular flexibility index (Phi) is 3.75. The molecule has 4 heteroatoms. The van der Waals surface area contributed by atoms with E-state index in [1.165, 1.54) is 0 Å². The van der Waals surface area contributed by atoms with E-state index in [0.29, 0.717) is 16.3 Å². The molecule has 0 aromatic heterocycles. The van der Waals surface area contributed by atoms with E-state index in [0.717, 1.165) is 0 Å². The molecule has 3 nitrogen and oxygen atoms in total. The number of ether oxygens (including phenoxy) is 1. The molecule has 1 aromatic rings. The van der Waals surface area contributed by atoms with Gasteiger partial charge in [0.05, 0.1) is 13.2 Å². The van der Waals surface area contributed by atoms with Crippen LogP contribution in [0.2, 0.25) is 5.02 Å². The second-order valence-electron chi connectivity index (χ2n) is 3.23. The van der Waals surface area contributed by atoms with Gasteiger partial charge in [-0.25, -0.2) is 0 Å². The molecule has 0 aliphatic heterocycles. The van der Waals surface area contributed by atoms with Gasteiger partial charge >= 0.3 is 0 Å². The number of halogens is 1. The number of hydrogen-bond acceptors (Lipinski definition) is 3. The summed E-state index contributed by atoms with van der Waals surface area (Å²) in [6, 6.07) is 4.75. The molecule has 2 atom stereocenters. The highest BCUT2D eigenvalue weighted by Crippen LogP contribution is 2.25. The second-order valence-corrected chi connectivity index (χ2v) is 3.66. The number of hydrogen-bond donors (Lipinski definition) is 2. The molecule has 0 unspecified atom stereocenters.